The van der Waals surface area contributed by atoms with Gasteiger partial charge in [-0.05, 0) is 62.1 Å². The number of carbonyl (C=O) groups excluding carboxylic acids is 1. The van der Waals surface area contributed by atoms with Crippen molar-refractivity contribution in [1.82, 2.24) is 4.90 Å². The van der Waals surface area contributed by atoms with Crippen molar-refractivity contribution >= 4 is 5.97 Å². The third kappa shape index (κ3) is 7.40. The van der Waals surface area contributed by atoms with Gasteiger partial charge in [-0.15, -0.1) is 0 Å². The van der Waals surface area contributed by atoms with Gasteiger partial charge >= 0.3 is 5.97 Å². The lowest BCUT2D eigenvalue weighted by atomic mass is 10.1. The van der Waals surface area contributed by atoms with Gasteiger partial charge in [0.25, 0.3) is 0 Å². The van der Waals surface area contributed by atoms with Crippen LogP contribution in [-0.4, -0.2) is 10.9 Å². The minimum Gasteiger partial charge on any atom is -0.457 e. The topological polar surface area (TPSA) is 29.5 Å². The van der Waals surface area contributed by atoms with Gasteiger partial charge in [-0.1, -0.05) is 101 Å². The molecule has 4 aromatic rings. The van der Waals surface area contributed by atoms with Crippen LogP contribution in [0, 0.1) is 27.7 Å². The van der Waals surface area contributed by atoms with Crippen molar-refractivity contribution in [3.05, 3.63) is 141 Å². The fourth-order valence-electron chi connectivity index (χ4n) is 4.75. The van der Waals surface area contributed by atoms with Crippen LogP contribution in [0.3, 0.4) is 0 Å². The maximum absolute atomic E-state index is 12.5. The van der Waals surface area contributed by atoms with Crippen LogP contribution in [0.15, 0.2) is 91.0 Å². The molecule has 3 nitrogen and oxygen atoms in total. The van der Waals surface area contributed by atoms with E-state index in [0.717, 1.165) is 36.3 Å². The normalized spacial score (nSPS) is 11.0. The van der Waals surface area contributed by atoms with Crippen LogP contribution in [0.25, 0.3) is 0 Å². The second-order valence-electron chi connectivity index (χ2n) is 9.90. The number of ether oxygens (including phenoxy) is 1. The molecule has 184 valence electrons. The van der Waals surface area contributed by atoms with Crippen molar-refractivity contribution in [1.29, 1.82) is 0 Å². The lowest BCUT2D eigenvalue weighted by molar-refractivity contribution is 0.0472. The molecule has 3 heteroatoms. The zero-order valence-corrected chi connectivity index (χ0v) is 21.8. The average molecular weight is 478 g/mol. The first-order valence-electron chi connectivity index (χ1n) is 12.5. The highest BCUT2D eigenvalue weighted by Crippen LogP contribution is 2.18. The molecule has 0 saturated carbocycles. The molecule has 0 fully saturated rings. The maximum atomic E-state index is 12.5. The van der Waals surface area contributed by atoms with E-state index in [2.05, 4.69) is 97.6 Å². The molecule has 4 rings (SSSR count). The van der Waals surface area contributed by atoms with Crippen LogP contribution in [0.5, 0.6) is 0 Å². The van der Waals surface area contributed by atoms with Gasteiger partial charge < -0.3 is 4.74 Å². The van der Waals surface area contributed by atoms with Crippen LogP contribution >= 0.6 is 0 Å². The van der Waals surface area contributed by atoms with Gasteiger partial charge in [-0.3, -0.25) is 4.90 Å². The van der Waals surface area contributed by atoms with Gasteiger partial charge in [-0.25, -0.2) is 4.79 Å². The Morgan fingerprint density at radius 1 is 0.583 bits per heavy atom. The first-order valence-corrected chi connectivity index (χ1v) is 12.5. The van der Waals surface area contributed by atoms with E-state index in [1.54, 1.807) is 0 Å². The van der Waals surface area contributed by atoms with E-state index in [4.69, 9.17) is 4.74 Å². The molecule has 4 aromatic carbocycles. The van der Waals surface area contributed by atoms with E-state index in [1.807, 2.05) is 26.0 Å². The molecular weight excluding hydrogens is 442 g/mol. The maximum Gasteiger partial charge on any atom is 0.338 e. The minimum absolute atomic E-state index is 0.266. The summed E-state index contributed by atoms with van der Waals surface area (Å²) >= 11 is 0. The summed E-state index contributed by atoms with van der Waals surface area (Å²) in [5.74, 6) is -0.284. The molecule has 36 heavy (non-hydrogen) atoms. The molecule has 0 amide bonds. The molecule has 0 bridgehead atoms. The van der Waals surface area contributed by atoms with E-state index < -0.39 is 0 Å². The number of rotatable bonds is 9. The minimum atomic E-state index is -0.284. The molecule has 0 N–H and O–H groups in total. The Hall–Kier alpha value is -3.69. The van der Waals surface area contributed by atoms with Crippen LogP contribution in [0.1, 0.15) is 54.9 Å². The Kier molecular flexibility index (Phi) is 8.35. The molecule has 0 aliphatic carbocycles. The van der Waals surface area contributed by atoms with Crippen molar-refractivity contribution in [2.24, 2.45) is 0 Å². The first kappa shape index (κ1) is 25.4. The quantitative estimate of drug-likeness (QED) is 0.234. The predicted molar refractivity (Wildman–Crippen MR) is 147 cm³/mol. The summed E-state index contributed by atoms with van der Waals surface area (Å²) in [4.78, 5) is 15.0. The molecule has 0 spiro atoms. The third-order valence-corrected chi connectivity index (χ3v) is 6.19. The first-order chi connectivity index (χ1) is 17.3. The number of esters is 1. The molecule has 0 atom stereocenters. The summed E-state index contributed by atoms with van der Waals surface area (Å²) < 4.78 is 5.58. The van der Waals surface area contributed by atoms with E-state index in [1.165, 1.54) is 27.8 Å². The number of hydrogen-bond acceptors (Lipinski definition) is 3. The second kappa shape index (κ2) is 11.8. The zero-order chi connectivity index (χ0) is 25.5. The highest BCUT2D eigenvalue weighted by atomic mass is 16.5. The smallest absolute Gasteiger partial charge is 0.338 e. The van der Waals surface area contributed by atoms with Gasteiger partial charge in [0.1, 0.15) is 6.61 Å². The number of aryl methyl sites for hydroxylation is 4. The molecule has 0 unspecified atom stereocenters. The molecule has 0 aliphatic rings. The van der Waals surface area contributed by atoms with Gasteiger partial charge in [0.2, 0.25) is 0 Å². The number of hydrogen-bond donors (Lipinski definition) is 0. The highest BCUT2D eigenvalue weighted by Gasteiger charge is 2.11. The Balaban J connectivity index is 1.42. The zero-order valence-electron chi connectivity index (χ0n) is 21.8. The van der Waals surface area contributed by atoms with Crippen LogP contribution < -0.4 is 0 Å². The summed E-state index contributed by atoms with van der Waals surface area (Å²) in [6, 6.07) is 31.6. The van der Waals surface area contributed by atoms with Crippen molar-refractivity contribution < 1.29 is 9.53 Å². The van der Waals surface area contributed by atoms with Crippen LogP contribution in [-0.2, 0) is 31.0 Å². The Bertz CT molecular complexity index is 1270. The van der Waals surface area contributed by atoms with E-state index >= 15 is 0 Å². The van der Waals surface area contributed by atoms with Crippen molar-refractivity contribution in [3.8, 4) is 0 Å². The molecule has 0 aliphatic heterocycles. The summed E-state index contributed by atoms with van der Waals surface area (Å²) in [5, 5.41) is 0. The Morgan fingerprint density at radius 2 is 1.06 bits per heavy atom. The predicted octanol–water partition coefficient (Wildman–Crippen LogP) is 7.48. The molecule has 0 saturated heterocycles. The summed E-state index contributed by atoms with van der Waals surface area (Å²) in [6.07, 6.45) is 0. The number of carbonyl (C=O) groups is 1. The lowest BCUT2D eigenvalue weighted by Gasteiger charge is -2.23. The van der Waals surface area contributed by atoms with Crippen molar-refractivity contribution in [2.45, 2.75) is 53.9 Å². The number of benzene rings is 4. The Morgan fingerprint density at radius 3 is 1.64 bits per heavy atom. The largest absolute Gasteiger partial charge is 0.457 e. The van der Waals surface area contributed by atoms with Crippen molar-refractivity contribution in [3.63, 3.8) is 0 Å². The second-order valence-corrected chi connectivity index (χ2v) is 9.90. The summed E-state index contributed by atoms with van der Waals surface area (Å²) in [6.45, 7) is 11.2. The monoisotopic (exact) mass is 477 g/mol. The average Bonchev–Trinajstić information content (AvgIpc) is 2.83. The van der Waals surface area contributed by atoms with Gasteiger partial charge in [0, 0.05) is 19.6 Å². The van der Waals surface area contributed by atoms with Crippen LogP contribution in [0.4, 0.5) is 0 Å². The molecule has 0 aromatic heterocycles. The number of nitrogens with zero attached hydrogens (tertiary/aromatic N) is 1. The van der Waals surface area contributed by atoms with E-state index in [0.29, 0.717) is 5.56 Å². The highest BCUT2D eigenvalue weighted by molar-refractivity contribution is 5.89. The standard InChI is InChI=1S/C33H35NO2/c1-24-14-25(2)17-31(16-24)22-34(20-28-8-6-5-7-9-28)21-29-10-12-30(13-11-29)23-36-33(35)32-18-26(3)15-27(4)19-32/h5-19H,20-23H2,1-4H3. The third-order valence-electron chi connectivity index (χ3n) is 6.19. The summed E-state index contributed by atoms with van der Waals surface area (Å²) in [7, 11) is 0. The van der Waals surface area contributed by atoms with Crippen molar-refractivity contribution in [2.75, 3.05) is 0 Å². The van der Waals surface area contributed by atoms with Crippen LogP contribution in [0.2, 0.25) is 0 Å². The fraction of sp³-hybridized carbons (Fsp3) is 0.242. The molecular formula is C33H35NO2. The summed E-state index contributed by atoms with van der Waals surface area (Å²) in [5.41, 5.74) is 10.2. The molecule has 0 radical (unpaired) electrons. The van der Waals surface area contributed by atoms with E-state index in [9.17, 15) is 4.79 Å². The van der Waals surface area contributed by atoms with Gasteiger partial charge in [0.05, 0.1) is 5.56 Å². The lowest BCUT2D eigenvalue weighted by Crippen LogP contribution is -2.22. The molecule has 0 heterocycles. The van der Waals surface area contributed by atoms with E-state index in [-0.39, 0.29) is 12.6 Å². The SMILES string of the molecule is Cc1cc(C)cc(CN(Cc2ccccc2)Cc2ccc(COC(=O)c3cc(C)cc(C)c3)cc2)c1. The van der Waals surface area contributed by atoms with Gasteiger partial charge in [0.15, 0.2) is 0 Å². The Labute approximate surface area is 215 Å². The van der Waals surface area contributed by atoms with Gasteiger partial charge in [-0.2, -0.15) is 0 Å². The fourth-order valence-corrected chi connectivity index (χ4v) is 4.75.